The first-order valence-electron chi connectivity index (χ1n) is 10.7. The predicted molar refractivity (Wildman–Crippen MR) is 116 cm³/mol. The number of aliphatic carboxylic acids is 1. The monoisotopic (exact) mass is 448 g/mol. The summed E-state index contributed by atoms with van der Waals surface area (Å²) in [5.41, 5.74) is 2.33. The second-order valence-corrected chi connectivity index (χ2v) is 8.37. The summed E-state index contributed by atoms with van der Waals surface area (Å²) in [6.07, 6.45) is 1.37. The Balaban J connectivity index is 1.32. The molecule has 3 aromatic carbocycles. The van der Waals surface area contributed by atoms with Crippen LogP contribution in [0.5, 0.6) is 17.2 Å². The number of aromatic carboxylic acids is 1. The van der Waals surface area contributed by atoms with Crippen molar-refractivity contribution in [3.8, 4) is 17.2 Å². The van der Waals surface area contributed by atoms with Crippen molar-refractivity contribution in [1.82, 2.24) is 0 Å². The van der Waals surface area contributed by atoms with Gasteiger partial charge in [0.15, 0.2) is 0 Å². The molecule has 1 saturated carbocycles. The molecule has 3 aromatic rings. The maximum atomic E-state index is 14.7. The fourth-order valence-electron chi connectivity index (χ4n) is 4.44. The summed E-state index contributed by atoms with van der Waals surface area (Å²) in [5.74, 6) is -0.834. The molecule has 168 valence electrons. The summed E-state index contributed by atoms with van der Waals surface area (Å²) in [7, 11) is 0. The summed E-state index contributed by atoms with van der Waals surface area (Å²) >= 11 is 0. The fraction of sp³-hybridized carbons (Fsp3) is 0.231. The molecule has 0 radical (unpaired) electrons. The molecule has 3 atom stereocenters. The quantitative estimate of drug-likeness (QED) is 0.491. The zero-order chi connectivity index (χ0) is 23.1. The van der Waals surface area contributed by atoms with Gasteiger partial charge in [0.25, 0.3) is 0 Å². The van der Waals surface area contributed by atoms with Gasteiger partial charge in [-0.15, -0.1) is 0 Å². The van der Waals surface area contributed by atoms with E-state index in [0.717, 1.165) is 11.1 Å². The van der Waals surface area contributed by atoms with Crippen LogP contribution in [-0.2, 0) is 11.2 Å². The predicted octanol–water partition coefficient (Wildman–Crippen LogP) is 5.57. The molecule has 2 aliphatic rings. The Morgan fingerprint density at radius 3 is 2.24 bits per heavy atom. The Bertz CT molecular complexity index is 1220. The van der Waals surface area contributed by atoms with Crippen LogP contribution in [0, 0.1) is 11.7 Å². The molecule has 2 aliphatic carbocycles. The summed E-state index contributed by atoms with van der Waals surface area (Å²) in [6, 6.07) is 16.3. The number of carboxylic acid groups (broad SMARTS) is 2. The first kappa shape index (κ1) is 21.0. The van der Waals surface area contributed by atoms with Gasteiger partial charge >= 0.3 is 11.9 Å². The maximum absolute atomic E-state index is 14.7. The van der Waals surface area contributed by atoms with E-state index in [0.29, 0.717) is 42.1 Å². The molecular formula is C26H21FO6. The third-order valence-corrected chi connectivity index (χ3v) is 6.26. The van der Waals surface area contributed by atoms with Crippen LogP contribution in [0.1, 0.15) is 51.9 Å². The van der Waals surface area contributed by atoms with E-state index in [9.17, 15) is 14.0 Å². The van der Waals surface area contributed by atoms with Gasteiger partial charge in [0.05, 0.1) is 11.5 Å². The van der Waals surface area contributed by atoms with Crippen LogP contribution >= 0.6 is 0 Å². The van der Waals surface area contributed by atoms with Crippen LogP contribution in [0.2, 0.25) is 0 Å². The lowest BCUT2D eigenvalue weighted by Crippen LogP contribution is -2.06. The Kier molecular flexibility index (Phi) is 5.24. The van der Waals surface area contributed by atoms with Crippen LogP contribution in [0.3, 0.4) is 0 Å². The topological polar surface area (TPSA) is 93.1 Å². The first-order chi connectivity index (χ1) is 15.9. The third-order valence-electron chi connectivity index (χ3n) is 6.26. The van der Waals surface area contributed by atoms with E-state index < -0.39 is 18.0 Å². The van der Waals surface area contributed by atoms with Crippen molar-refractivity contribution < 1.29 is 33.7 Å². The first-order valence-corrected chi connectivity index (χ1v) is 10.7. The molecule has 7 heteroatoms. The van der Waals surface area contributed by atoms with E-state index >= 15 is 0 Å². The Morgan fingerprint density at radius 1 is 0.909 bits per heavy atom. The number of rotatable bonds is 7. The van der Waals surface area contributed by atoms with Crippen molar-refractivity contribution in [1.29, 1.82) is 0 Å². The van der Waals surface area contributed by atoms with E-state index in [-0.39, 0.29) is 23.2 Å². The van der Waals surface area contributed by atoms with Gasteiger partial charge in [-0.2, -0.15) is 0 Å². The van der Waals surface area contributed by atoms with Gasteiger partial charge in [0, 0.05) is 11.1 Å². The molecule has 5 rings (SSSR count). The van der Waals surface area contributed by atoms with E-state index in [4.69, 9.17) is 19.7 Å². The van der Waals surface area contributed by atoms with E-state index in [1.807, 2.05) is 12.1 Å². The average molecular weight is 448 g/mol. The highest BCUT2D eigenvalue weighted by Crippen LogP contribution is 2.48. The summed E-state index contributed by atoms with van der Waals surface area (Å²) < 4.78 is 26.8. The average Bonchev–Trinajstić information content (AvgIpc) is 3.50. The van der Waals surface area contributed by atoms with Crippen molar-refractivity contribution in [3.05, 3.63) is 88.7 Å². The number of carboxylic acids is 2. The highest BCUT2D eigenvalue weighted by molar-refractivity contribution is 5.87. The van der Waals surface area contributed by atoms with Crippen molar-refractivity contribution in [2.75, 3.05) is 0 Å². The lowest BCUT2D eigenvalue weighted by Gasteiger charge is -2.17. The number of hydrogen-bond donors (Lipinski definition) is 2. The number of hydrogen-bond acceptors (Lipinski definition) is 4. The maximum Gasteiger partial charge on any atom is 0.335 e. The number of ether oxygens (including phenoxy) is 2. The molecule has 0 aromatic heterocycles. The Labute approximate surface area is 189 Å². The summed E-state index contributed by atoms with van der Waals surface area (Å²) in [6.45, 7) is 0. The van der Waals surface area contributed by atoms with Crippen LogP contribution in [-0.4, -0.2) is 22.2 Å². The zero-order valence-corrected chi connectivity index (χ0v) is 17.5. The third kappa shape index (κ3) is 4.14. The van der Waals surface area contributed by atoms with E-state index in [1.54, 1.807) is 30.3 Å². The minimum absolute atomic E-state index is 0.0467. The van der Waals surface area contributed by atoms with Gasteiger partial charge in [-0.25, -0.2) is 9.18 Å². The molecule has 0 bridgehead atoms. The van der Waals surface area contributed by atoms with Gasteiger partial charge in [-0.3, -0.25) is 4.79 Å². The molecule has 33 heavy (non-hydrogen) atoms. The normalized spacial score (nSPS) is 20.7. The smallest absolute Gasteiger partial charge is 0.335 e. The Morgan fingerprint density at radius 2 is 1.61 bits per heavy atom. The van der Waals surface area contributed by atoms with Crippen molar-refractivity contribution >= 4 is 11.9 Å². The summed E-state index contributed by atoms with van der Waals surface area (Å²) in [4.78, 5) is 22.1. The minimum atomic E-state index is -1.02. The van der Waals surface area contributed by atoms with Crippen LogP contribution in [0.4, 0.5) is 4.39 Å². The van der Waals surface area contributed by atoms with Crippen molar-refractivity contribution in [2.24, 2.45) is 5.92 Å². The molecule has 0 saturated heterocycles. The fourth-order valence-corrected chi connectivity index (χ4v) is 4.44. The SMILES string of the molecule is O=C(O)c1ccc(Oc2ccc(F)c3c2CCC3Oc2ccc(C3CC3C(=O)O)cc2)cc1. The lowest BCUT2D eigenvalue weighted by molar-refractivity contribution is -0.138. The van der Waals surface area contributed by atoms with Crippen LogP contribution in [0.25, 0.3) is 0 Å². The van der Waals surface area contributed by atoms with Crippen molar-refractivity contribution in [2.45, 2.75) is 31.3 Å². The van der Waals surface area contributed by atoms with Crippen molar-refractivity contribution in [3.63, 3.8) is 0 Å². The largest absolute Gasteiger partial charge is 0.486 e. The zero-order valence-electron chi connectivity index (χ0n) is 17.5. The lowest BCUT2D eigenvalue weighted by atomic mass is 10.1. The Hall–Kier alpha value is -3.87. The molecule has 0 amide bonds. The van der Waals surface area contributed by atoms with Gasteiger partial charge in [-0.1, -0.05) is 12.1 Å². The second kappa shape index (κ2) is 8.24. The second-order valence-electron chi connectivity index (χ2n) is 8.37. The van der Waals surface area contributed by atoms with Crippen LogP contribution < -0.4 is 9.47 Å². The molecule has 0 aliphatic heterocycles. The van der Waals surface area contributed by atoms with Gasteiger partial charge in [0.2, 0.25) is 0 Å². The minimum Gasteiger partial charge on any atom is -0.486 e. The number of carbonyl (C=O) groups is 2. The number of halogens is 1. The molecule has 0 heterocycles. The molecule has 3 unspecified atom stereocenters. The van der Waals surface area contributed by atoms with Crippen LogP contribution in [0.15, 0.2) is 60.7 Å². The standard InChI is InChI=1S/C26H21FO6/c27-21-10-12-22(32-16-7-3-15(4-8-16)25(28)29)18-9-11-23(24(18)21)33-17-5-1-14(2-6-17)19-13-20(19)26(30)31/h1-8,10,12,19-20,23H,9,11,13H2,(H,28,29)(H,30,31). The van der Waals surface area contributed by atoms with Gasteiger partial charge in [0.1, 0.15) is 29.2 Å². The highest BCUT2D eigenvalue weighted by Gasteiger charge is 2.44. The summed E-state index contributed by atoms with van der Waals surface area (Å²) in [5, 5.41) is 18.1. The highest BCUT2D eigenvalue weighted by atomic mass is 19.1. The van der Waals surface area contributed by atoms with E-state index in [2.05, 4.69) is 0 Å². The molecule has 0 spiro atoms. The molecule has 1 fully saturated rings. The van der Waals surface area contributed by atoms with E-state index in [1.165, 1.54) is 18.2 Å². The number of fused-ring (bicyclic) bond motifs is 1. The van der Waals surface area contributed by atoms with Gasteiger partial charge < -0.3 is 19.7 Å². The molecular weight excluding hydrogens is 427 g/mol. The molecule has 2 N–H and O–H groups in total. The molecule has 6 nitrogen and oxygen atoms in total. The number of benzene rings is 3. The van der Waals surface area contributed by atoms with Gasteiger partial charge in [-0.05, 0) is 79.3 Å².